The average molecular weight is 361 g/mol. The van der Waals surface area contributed by atoms with Gasteiger partial charge in [0, 0.05) is 23.9 Å². The van der Waals surface area contributed by atoms with E-state index in [0.29, 0.717) is 39.8 Å². The Bertz CT molecular complexity index is 911. The lowest BCUT2D eigenvalue weighted by molar-refractivity contribution is 0.276. The smallest absolute Gasteiger partial charge is 0.262 e. The fraction of sp³-hybridized carbons (Fsp3) is 0.222. The van der Waals surface area contributed by atoms with Crippen molar-refractivity contribution in [1.82, 2.24) is 9.55 Å². The summed E-state index contributed by atoms with van der Waals surface area (Å²) in [5.41, 5.74) is 1.70. The van der Waals surface area contributed by atoms with Crippen LogP contribution in [-0.4, -0.2) is 21.3 Å². The minimum atomic E-state index is -0.0670. The van der Waals surface area contributed by atoms with Crippen molar-refractivity contribution >= 4 is 34.3 Å². The van der Waals surface area contributed by atoms with Gasteiger partial charge < -0.3 is 5.11 Å². The van der Waals surface area contributed by atoms with E-state index in [1.807, 2.05) is 42.5 Å². The van der Waals surface area contributed by atoms with Gasteiger partial charge in [0.05, 0.1) is 10.9 Å². The molecule has 0 aliphatic carbocycles. The molecule has 1 heterocycles. The second kappa shape index (κ2) is 7.83. The van der Waals surface area contributed by atoms with Gasteiger partial charge in [0.25, 0.3) is 5.56 Å². The van der Waals surface area contributed by atoms with Crippen molar-refractivity contribution in [2.24, 2.45) is 0 Å². The van der Waals surface area contributed by atoms with Gasteiger partial charge in [-0.15, -0.1) is 0 Å². The fourth-order valence-electron chi connectivity index (χ4n) is 2.46. The number of aromatic nitrogens is 2. The van der Waals surface area contributed by atoms with Crippen molar-refractivity contribution in [1.29, 1.82) is 0 Å². The Labute approximate surface area is 149 Å². The predicted octanol–water partition coefficient (Wildman–Crippen LogP) is 3.72. The number of aliphatic hydroxyl groups excluding tert-OH is 1. The summed E-state index contributed by atoms with van der Waals surface area (Å²) in [5, 5.41) is 11.1. The Morgan fingerprint density at radius 2 is 2.00 bits per heavy atom. The largest absolute Gasteiger partial charge is 0.396 e. The molecule has 6 heteroatoms. The molecule has 0 amide bonds. The summed E-state index contributed by atoms with van der Waals surface area (Å²) in [6.45, 7) is 0.489. The second-order valence-corrected chi connectivity index (χ2v) is 6.74. The molecule has 0 unspecified atom stereocenters. The van der Waals surface area contributed by atoms with Crippen molar-refractivity contribution in [2.75, 3.05) is 6.61 Å². The molecule has 1 aromatic heterocycles. The molecule has 0 bridgehead atoms. The van der Waals surface area contributed by atoms with E-state index in [2.05, 4.69) is 4.98 Å². The minimum absolute atomic E-state index is 0.0394. The van der Waals surface area contributed by atoms with E-state index in [-0.39, 0.29) is 12.2 Å². The summed E-state index contributed by atoms with van der Waals surface area (Å²) in [6, 6.07) is 15.0. The van der Waals surface area contributed by atoms with Crippen LogP contribution in [0.2, 0.25) is 5.02 Å². The van der Waals surface area contributed by atoms with E-state index in [1.54, 1.807) is 10.6 Å². The Morgan fingerprint density at radius 3 is 2.79 bits per heavy atom. The molecule has 3 aromatic rings. The zero-order valence-electron chi connectivity index (χ0n) is 13.0. The van der Waals surface area contributed by atoms with Crippen LogP contribution in [0, 0.1) is 0 Å². The first-order valence-corrected chi connectivity index (χ1v) is 9.03. The molecule has 4 nitrogen and oxygen atoms in total. The minimum Gasteiger partial charge on any atom is -0.396 e. The molecule has 3 rings (SSSR count). The molecule has 124 valence electrons. The van der Waals surface area contributed by atoms with E-state index < -0.39 is 0 Å². The predicted molar refractivity (Wildman–Crippen MR) is 98.7 cm³/mol. The van der Waals surface area contributed by atoms with Crippen LogP contribution in [0.3, 0.4) is 0 Å². The van der Waals surface area contributed by atoms with E-state index in [4.69, 9.17) is 16.7 Å². The third-order valence-electron chi connectivity index (χ3n) is 3.62. The topological polar surface area (TPSA) is 55.1 Å². The Kier molecular flexibility index (Phi) is 5.56. The van der Waals surface area contributed by atoms with E-state index in [9.17, 15) is 4.79 Å². The third-order valence-corrected chi connectivity index (χ3v) is 4.91. The van der Waals surface area contributed by atoms with Gasteiger partial charge in [-0.25, -0.2) is 4.98 Å². The highest BCUT2D eigenvalue weighted by molar-refractivity contribution is 7.98. The first-order chi connectivity index (χ1) is 11.7. The van der Waals surface area contributed by atoms with Crippen LogP contribution in [-0.2, 0) is 12.3 Å². The Hall–Kier alpha value is -1.82. The summed E-state index contributed by atoms with van der Waals surface area (Å²) in [7, 11) is 0. The molecule has 0 aliphatic rings. The standard InChI is InChI=1S/C18H17ClN2O2S/c19-14-6-3-5-13(11-14)12-24-18-20-16-8-2-1-7-15(16)17(23)21(18)9-4-10-22/h1-3,5-8,11,22H,4,9-10,12H2. The summed E-state index contributed by atoms with van der Waals surface area (Å²) < 4.78 is 1.65. The Balaban J connectivity index is 1.96. The quantitative estimate of drug-likeness (QED) is 0.537. The number of benzene rings is 2. The molecule has 0 fully saturated rings. The summed E-state index contributed by atoms with van der Waals surface area (Å²) in [4.78, 5) is 17.4. The van der Waals surface area contributed by atoms with Crippen LogP contribution < -0.4 is 5.56 Å². The summed E-state index contributed by atoms with van der Waals surface area (Å²) >= 11 is 7.52. The maximum atomic E-state index is 12.7. The Morgan fingerprint density at radius 1 is 1.17 bits per heavy atom. The van der Waals surface area contributed by atoms with Crippen molar-refractivity contribution in [2.45, 2.75) is 23.9 Å². The normalized spacial score (nSPS) is 11.1. The molecule has 24 heavy (non-hydrogen) atoms. The van der Waals surface area contributed by atoms with Gasteiger partial charge >= 0.3 is 0 Å². The molecular weight excluding hydrogens is 344 g/mol. The van der Waals surface area contributed by atoms with Crippen LogP contribution in [0.5, 0.6) is 0 Å². The third kappa shape index (κ3) is 3.80. The number of nitrogens with zero attached hydrogens (tertiary/aromatic N) is 2. The summed E-state index contributed by atoms with van der Waals surface area (Å²) in [5.74, 6) is 0.671. The number of hydrogen-bond donors (Lipinski definition) is 1. The van der Waals surface area contributed by atoms with Gasteiger partial charge in [-0.3, -0.25) is 9.36 Å². The summed E-state index contributed by atoms with van der Waals surface area (Å²) in [6.07, 6.45) is 0.519. The van der Waals surface area contributed by atoms with Gasteiger partial charge in [-0.2, -0.15) is 0 Å². The SMILES string of the molecule is O=c1c2ccccc2nc(SCc2cccc(Cl)c2)n1CCCO. The number of thioether (sulfide) groups is 1. The zero-order chi connectivity index (χ0) is 16.9. The molecule has 0 saturated heterocycles. The van der Waals surface area contributed by atoms with Crippen LogP contribution in [0.25, 0.3) is 10.9 Å². The fourth-order valence-corrected chi connectivity index (χ4v) is 3.64. The maximum Gasteiger partial charge on any atom is 0.262 e. The highest BCUT2D eigenvalue weighted by atomic mass is 35.5. The van der Waals surface area contributed by atoms with Crippen LogP contribution in [0.1, 0.15) is 12.0 Å². The number of aliphatic hydroxyl groups is 1. The molecule has 1 N–H and O–H groups in total. The number of para-hydroxylation sites is 1. The average Bonchev–Trinajstić information content (AvgIpc) is 2.59. The van der Waals surface area contributed by atoms with Crippen molar-refractivity contribution in [3.63, 3.8) is 0 Å². The zero-order valence-corrected chi connectivity index (χ0v) is 14.6. The number of hydrogen-bond acceptors (Lipinski definition) is 4. The van der Waals surface area contributed by atoms with Gasteiger partial charge in [0.1, 0.15) is 0 Å². The monoisotopic (exact) mass is 360 g/mol. The van der Waals surface area contributed by atoms with E-state index >= 15 is 0 Å². The molecule has 2 aromatic carbocycles. The van der Waals surface area contributed by atoms with Gasteiger partial charge in [0.2, 0.25) is 0 Å². The van der Waals surface area contributed by atoms with Crippen molar-refractivity contribution < 1.29 is 5.11 Å². The molecule has 0 aliphatic heterocycles. The van der Waals surface area contributed by atoms with Crippen LogP contribution in [0.15, 0.2) is 58.5 Å². The lowest BCUT2D eigenvalue weighted by Gasteiger charge is -2.12. The highest BCUT2D eigenvalue weighted by Gasteiger charge is 2.11. The molecule has 0 saturated carbocycles. The number of halogens is 1. The van der Waals surface area contributed by atoms with E-state index in [1.165, 1.54) is 11.8 Å². The van der Waals surface area contributed by atoms with Crippen molar-refractivity contribution in [3.8, 4) is 0 Å². The van der Waals surface area contributed by atoms with Crippen molar-refractivity contribution in [3.05, 3.63) is 69.5 Å². The molecule has 0 radical (unpaired) electrons. The number of rotatable bonds is 6. The molecule has 0 atom stereocenters. The number of fused-ring (bicyclic) bond motifs is 1. The first-order valence-electron chi connectivity index (χ1n) is 7.67. The first kappa shape index (κ1) is 17.0. The maximum absolute atomic E-state index is 12.7. The highest BCUT2D eigenvalue weighted by Crippen LogP contribution is 2.23. The van der Waals surface area contributed by atoms with Gasteiger partial charge in [-0.1, -0.05) is 47.6 Å². The van der Waals surface area contributed by atoms with Gasteiger partial charge in [-0.05, 0) is 36.2 Å². The molecule has 0 spiro atoms. The second-order valence-electron chi connectivity index (χ2n) is 5.36. The van der Waals surface area contributed by atoms with Crippen LogP contribution in [0.4, 0.5) is 0 Å². The van der Waals surface area contributed by atoms with Crippen LogP contribution >= 0.6 is 23.4 Å². The lowest BCUT2D eigenvalue weighted by atomic mass is 10.2. The van der Waals surface area contributed by atoms with E-state index in [0.717, 1.165) is 5.56 Å². The molecular formula is C18H17ClN2O2S. The van der Waals surface area contributed by atoms with Gasteiger partial charge in [0.15, 0.2) is 5.16 Å². The lowest BCUT2D eigenvalue weighted by Crippen LogP contribution is -2.24.